The first-order valence-corrected chi connectivity index (χ1v) is 6.43. The van der Waals surface area contributed by atoms with Gasteiger partial charge < -0.3 is 0 Å². The second-order valence-electron chi connectivity index (χ2n) is 4.75. The van der Waals surface area contributed by atoms with Crippen molar-refractivity contribution in [2.75, 3.05) is 0 Å². The molecule has 0 atom stereocenters. The molecule has 0 fully saturated rings. The molecule has 0 aliphatic carbocycles. The Morgan fingerprint density at radius 3 is 2.41 bits per heavy atom. The van der Waals surface area contributed by atoms with Crippen LogP contribution in [-0.4, -0.2) is 20.9 Å². The summed E-state index contributed by atoms with van der Waals surface area (Å²) in [5.41, 5.74) is 0.870. The maximum Gasteiger partial charge on any atom is 0.416 e. The molecule has 112 valence electrons. The summed E-state index contributed by atoms with van der Waals surface area (Å²) in [5, 5.41) is 7.96. The van der Waals surface area contributed by atoms with E-state index in [1.165, 1.54) is 12.1 Å². The van der Waals surface area contributed by atoms with Gasteiger partial charge in [0, 0.05) is 6.42 Å². The van der Waals surface area contributed by atoms with Crippen molar-refractivity contribution in [1.82, 2.24) is 14.6 Å². The molecular weight excluding hydrogens is 295 g/mol. The highest BCUT2D eigenvalue weighted by molar-refractivity contribution is 5.74. The van der Waals surface area contributed by atoms with Crippen molar-refractivity contribution in [3.05, 3.63) is 65.1 Å². The zero-order valence-corrected chi connectivity index (χ0v) is 11.2. The Balaban J connectivity index is 1.95. The number of nitrogens with zero attached hydrogens (tertiary/aromatic N) is 3. The summed E-state index contributed by atoms with van der Waals surface area (Å²) < 4.78 is 39.2. The second kappa shape index (κ2) is 5.25. The largest absolute Gasteiger partial charge is 0.416 e. The SMILES string of the molecule is O=Cc1cccc2nnc(Cc3ccc(C(F)(F)F)cc3)n12. The van der Waals surface area contributed by atoms with Crippen molar-refractivity contribution in [2.45, 2.75) is 12.6 Å². The highest BCUT2D eigenvalue weighted by atomic mass is 19.4. The minimum atomic E-state index is -4.36. The van der Waals surface area contributed by atoms with Crippen LogP contribution in [0.3, 0.4) is 0 Å². The van der Waals surface area contributed by atoms with Crippen LogP contribution in [0.5, 0.6) is 0 Å². The van der Waals surface area contributed by atoms with Crippen LogP contribution >= 0.6 is 0 Å². The Morgan fingerprint density at radius 1 is 1.05 bits per heavy atom. The number of halogens is 3. The van der Waals surface area contributed by atoms with Gasteiger partial charge in [-0.3, -0.25) is 9.20 Å². The fourth-order valence-electron chi connectivity index (χ4n) is 2.23. The van der Waals surface area contributed by atoms with Crippen LogP contribution in [0.2, 0.25) is 0 Å². The molecule has 0 N–H and O–H groups in total. The Bertz CT molecular complexity index is 822. The molecule has 7 heteroatoms. The lowest BCUT2D eigenvalue weighted by Crippen LogP contribution is -2.05. The third-order valence-corrected chi connectivity index (χ3v) is 3.29. The number of aromatic nitrogens is 3. The van der Waals surface area contributed by atoms with Gasteiger partial charge in [-0.1, -0.05) is 18.2 Å². The maximum atomic E-state index is 12.5. The van der Waals surface area contributed by atoms with Crippen molar-refractivity contribution in [2.24, 2.45) is 0 Å². The van der Waals surface area contributed by atoms with Gasteiger partial charge in [0.15, 0.2) is 11.9 Å². The first kappa shape index (κ1) is 14.2. The summed E-state index contributed by atoms with van der Waals surface area (Å²) in [6.07, 6.45) is -3.39. The van der Waals surface area contributed by atoms with E-state index in [0.29, 0.717) is 29.0 Å². The summed E-state index contributed by atoms with van der Waals surface area (Å²) in [4.78, 5) is 11.1. The van der Waals surface area contributed by atoms with E-state index in [9.17, 15) is 18.0 Å². The summed E-state index contributed by atoms with van der Waals surface area (Å²) in [6.45, 7) is 0. The summed E-state index contributed by atoms with van der Waals surface area (Å²) in [7, 11) is 0. The molecule has 3 rings (SSSR count). The molecule has 1 aromatic carbocycles. The van der Waals surface area contributed by atoms with Crippen molar-refractivity contribution in [3.8, 4) is 0 Å². The zero-order valence-electron chi connectivity index (χ0n) is 11.2. The van der Waals surface area contributed by atoms with E-state index in [1.54, 1.807) is 22.6 Å². The Morgan fingerprint density at radius 2 is 1.77 bits per heavy atom. The van der Waals surface area contributed by atoms with E-state index >= 15 is 0 Å². The van der Waals surface area contributed by atoms with Crippen LogP contribution in [-0.2, 0) is 12.6 Å². The van der Waals surface area contributed by atoms with E-state index in [1.807, 2.05) is 0 Å². The molecule has 0 spiro atoms. The molecule has 0 radical (unpaired) electrons. The molecule has 0 saturated carbocycles. The highest BCUT2D eigenvalue weighted by Gasteiger charge is 2.29. The molecule has 0 unspecified atom stereocenters. The number of carbonyl (C=O) groups excluding carboxylic acids is 1. The van der Waals surface area contributed by atoms with Crippen LogP contribution in [0.1, 0.15) is 27.4 Å². The standard InChI is InChI=1S/C15H10F3N3O/c16-15(17,18)11-6-4-10(5-7-11)8-14-20-19-13-3-1-2-12(9-22)21(13)14/h1-7,9H,8H2. The summed E-state index contributed by atoms with van der Waals surface area (Å²) in [6, 6.07) is 9.87. The molecule has 3 aromatic rings. The predicted octanol–water partition coefficient (Wildman–Crippen LogP) is 3.15. The highest BCUT2D eigenvalue weighted by Crippen LogP contribution is 2.29. The number of carbonyl (C=O) groups is 1. The van der Waals surface area contributed by atoms with E-state index in [-0.39, 0.29) is 6.42 Å². The normalized spacial score (nSPS) is 11.8. The summed E-state index contributed by atoms with van der Waals surface area (Å²) >= 11 is 0. The van der Waals surface area contributed by atoms with Crippen molar-refractivity contribution in [3.63, 3.8) is 0 Å². The molecule has 0 saturated heterocycles. The average Bonchev–Trinajstić information content (AvgIpc) is 2.90. The molecule has 22 heavy (non-hydrogen) atoms. The Labute approximate surface area is 123 Å². The Hall–Kier alpha value is -2.70. The fourth-order valence-corrected chi connectivity index (χ4v) is 2.23. The molecule has 0 aliphatic heterocycles. The van der Waals surface area contributed by atoms with Crippen molar-refractivity contribution >= 4 is 11.9 Å². The van der Waals surface area contributed by atoms with E-state index in [2.05, 4.69) is 10.2 Å². The number of rotatable bonds is 3. The van der Waals surface area contributed by atoms with Gasteiger partial charge in [0.1, 0.15) is 5.82 Å². The smallest absolute Gasteiger partial charge is 0.296 e. The minimum absolute atomic E-state index is 0.282. The van der Waals surface area contributed by atoms with Gasteiger partial charge in [-0.15, -0.1) is 10.2 Å². The quantitative estimate of drug-likeness (QED) is 0.698. The lowest BCUT2D eigenvalue weighted by molar-refractivity contribution is -0.137. The third kappa shape index (κ3) is 2.57. The second-order valence-corrected chi connectivity index (χ2v) is 4.75. The lowest BCUT2D eigenvalue weighted by atomic mass is 10.1. The average molecular weight is 305 g/mol. The molecule has 4 nitrogen and oxygen atoms in total. The Kier molecular flexibility index (Phi) is 3.40. The van der Waals surface area contributed by atoms with E-state index < -0.39 is 11.7 Å². The summed E-state index contributed by atoms with van der Waals surface area (Å²) in [5.74, 6) is 0.498. The molecule has 0 aliphatic rings. The van der Waals surface area contributed by atoms with Crippen molar-refractivity contribution < 1.29 is 18.0 Å². The first-order chi connectivity index (χ1) is 10.5. The number of hydrogen-bond acceptors (Lipinski definition) is 3. The van der Waals surface area contributed by atoms with Gasteiger partial charge in [-0.05, 0) is 29.8 Å². The number of pyridine rings is 1. The zero-order chi connectivity index (χ0) is 15.7. The number of hydrogen-bond donors (Lipinski definition) is 0. The lowest BCUT2D eigenvalue weighted by Gasteiger charge is -2.07. The maximum absolute atomic E-state index is 12.5. The number of benzene rings is 1. The molecule has 2 aromatic heterocycles. The molecule has 0 amide bonds. The monoisotopic (exact) mass is 305 g/mol. The van der Waals surface area contributed by atoms with Gasteiger partial charge in [-0.25, -0.2) is 0 Å². The molecular formula is C15H10F3N3O. The van der Waals surface area contributed by atoms with Crippen LogP contribution < -0.4 is 0 Å². The van der Waals surface area contributed by atoms with Crippen LogP contribution in [0.4, 0.5) is 13.2 Å². The predicted molar refractivity (Wildman–Crippen MR) is 72.6 cm³/mol. The molecule has 2 heterocycles. The third-order valence-electron chi connectivity index (χ3n) is 3.29. The van der Waals surface area contributed by atoms with E-state index in [0.717, 1.165) is 12.1 Å². The van der Waals surface area contributed by atoms with E-state index in [4.69, 9.17) is 0 Å². The van der Waals surface area contributed by atoms with Gasteiger partial charge in [0.25, 0.3) is 0 Å². The number of alkyl halides is 3. The number of aldehydes is 1. The van der Waals surface area contributed by atoms with Gasteiger partial charge in [0.05, 0.1) is 11.3 Å². The van der Waals surface area contributed by atoms with Crippen LogP contribution in [0.15, 0.2) is 42.5 Å². The van der Waals surface area contributed by atoms with Crippen LogP contribution in [0, 0.1) is 0 Å². The molecule has 0 bridgehead atoms. The van der Waals surface area contributed by atoms with Crippen LogP contribution in [0.25, 0.3) is 5.65 Å². The minimum Gasteiger partial charge on any atom is -0.296 e. The fraction of sp³-hybridized carbons (Fsp3) is 0.133. The first-order valence-electron chi connectivity index (χ1n) is 6.43. The number of fused-ring (bicyclic) bond motifs is 1. The van der Waals surface area contributed by atoms with Gasteiger partial charge in [0.2, 0.25) is 0 Å². The van der Waals surface area contributed by atoms with Crippen molar-refractivity contribution in [1.29, 1.82) is 0 Å². The van der Waals surface area contributed by atoms with Gasteiger partial charge >= 0.3 is 6.18 Å². The topological polar surface area (TPSA) is 47.3 Å². The van der Waals surface area contributed by atoms with Gasteiger partial charge in [-0.2, -0.15) is 13.2 Å².